The van der Waals surface area contributed by atoms with E-state index >= 15 is 0 Å². The third-order valence-electron chi connectivity index (χ3n) is 5.36. The molecule has 1 fully saturated rings. The normalized spacial score (nSPS) is 16.1. The van der Waals surface area contributed by atoms with Gasteiger partial charge in [-0.05, 0) is 38.8 Å². The van der Waals surface area contributed by atoms with Crippen molar-refractivity contribution in [1.82, 2.24) is 25.0 Å². The van der Waals surface area contributed by atoms with Crippen LogP contribution in [0.3, 0.4) is 0 Å². The van der Waals surface area contributed by atoms with E-state index in [-0.39, 0.29) is 5.25 Å². The molecule has 7 heteroatoms. The minimum atomic E-state index is -0.0203. The topological polar surface area (TPSA) is 69.6 Å². The molecule has 1 aliphatic carbocycles. The van der Waals surface area contributed by atoms with E-state index in [0.717, 1.165) is 22.1 Å². The monoisotopic (exact) mass is 409 g/mol. The van der Waals surface area contributed by atoms with Crippen molar-refractivity contribution in [1.29, 1.82) is 0 Å². The smallest absolute Gasteiger partial charge is 0.247 e. The van der Waals surface area contributed by atoms with Gasteiger partial charge in [0.25, 0.3) is 0 Å². The molecule has 152 valence electrons. The van der Waals surface area contributed by atoms with Crippen LogP contribution in [0.1, 0.15) is 67.5 Å². The molecule has 0 amide bonds. The fourth-order valence-electron chi connectivity index (χ4n) is 3.85. The lowest BCUT2D eigenvalue weighted by Gasteiger charge is -2.21. The Kier molecular flexibility index (Phi) is 6.13. The van der Waals surface area contributed by atoms with Crippen molar-refractivity contribution in [2.24, 2.45) is 0 Å². The van der Waals surface area contributed by atoms with Gasteiger partial charge in [-0.1, -0.05) is 54.8 Å². The second-order valence-corrected chi connectivity index (χ2v) is 8.96. The van der Waals surface area contributed by atoms with Crippen LogP contribution in [0.15, 0.2) is 46.5 Å². The van der Waals surface area contributed by atoms with Crippen LogP contribution in [-0.4, -0.2) is 25.0 Å². The number of aromatic nitrogens is 5. The number of benzene rings is 1. The Bertz CT molecular complexity index is 973. The summed E-state index contributed by atoms with van der Waals surface area (Å²) in [4.78, 5) is 0. The first-order valence-corrected chi connectivity index (χ1v) is 11.1. The maximum absolute atomic E-state index is 5.96. The molecule has 3 aromatic rings. The van der Waals surface area contributed by atoms with E-state index in [0.29, 0.717) is 24.2 Å². The second-order valence-electron chi connectivity index (χ2n) is 7.65. The molecule has 1 aliphatic rings. The number of nitrogens with zero attached hydrogens (tertiary/aromatic N) is 5. The van der Waals surface area contributed by atoms with Gasteiger partial charge in [0.15, 0.2) is 5.16 Å². The van der Waals surface area contributed by atoms with E-state index in [9.17, 15) is 0 Å². The van der Waals surface area contributed by atoms with Gasteiger partial charge in [0, 0.05) is 18.0 Å². The highest BCUT2D eigenvalue weighted by atomic mass is 32.2. The van der Waals surface area contributed by atoms with E-state index in [1.165, 1.54) is 32.1 Å². The van der Waals surface area contributed by atoms with Crippen LogP contribution in [0, 0.1) is 6.92 Å². The van der Waals surface area contributed by atoms with Gasteiger partial charge >= 0.3 is 0 Å². The van der Waals surface area contributed by atoms with Crippen molar-refractivity contribution >= 4 is 11.8 Å². The van der Waals surface area contributed by atoms with Crippen LogP contribution >= 0.6 is 11.8 Å². The quantitative estimate of drug-likeness (QED) is 0.367. The van der Waals surface area contributed by atoms with Gasteiger partial charge in [0.2, 0.25) is 11.8 Å². The number of hydrogen-bond acceptors (Lipinski definition) is 6. The third-order valence-corrected chi connectivity index (χ3v) is 6.43. The molecule has 1 aromatic carbocycles. The number of aryl methyl sites for hydroxylation is 1. The van der Waals surface area contributed by atoms with E-state index in [1.54, 1.807) is 11.8 Å². The third kappa shape index (κ3) is 4.45. The van der Waals surface area contributed by atoms with Crippen molar-refractivity contribution in [2.45, 2.75) is 68.8 Å². The largest absolute Gasteiger partial charge is 0.419 e. The lowest BCUT2D eigenvalue weighted by Crippen LogP contribution is -2.12. The molecule has 1 saturated carbocycles. The Morgan fingerprint density at radius 2 is 2.03 bits per heavy atom. The molecule has 29 heavy (non-hydrogen) atoms. The first-order valence-electron chi connectivity index (χ1n) is 10.3. The Morgan fingerprint density at radius 3 is 2.79 bits per heavy atom. The van der Waals surface area contributed by atoms with Gasteiger partial charge in [0.05, 0.1) is 5.25 Å². The molecule has 1 unspecified atom stereocenters. The fourth-order valence-corrected chi connectivity index (χ4v) is 4.75. The number of allylic oxidation sites excluding steroid dienone is 1. The zero-order chi connectivity index (χ0) is 20.2. The Balaban J connectivity index is 1.53. The van der Waals surface area contributed by atoms with Crippen LogP contribution in [-0.2, 0) is 6.54 Å². The van der Waals surface area contributed by atoms with Gasteiger partial charge in [-0.2, -0.15) is 0 Å². The number of rotatable bonds is 7. The molecular weight excluding hydrogens is 382 g/mol. The lowest BCUT2D eigenvalue weighted by molar-refractivity contribution is 0.415. The summed E-state index contributed by atoms with van der Waals surface area (Å²) in [6.07, 6.45) is 8.17. The Labute approximate surface area is 175 Å². The van der Waals surface area contributed by atoms with Crippen LogP contribution in [0.4, 0.5) is 0 Å². The summed E-state index contributed by atoms with van der Waals surface area (Å²) in [5.41, 5.74) is 2.10. The molecule has 1 atom stereocenters. The maximum atomic E-state index is 5.96. The zero-order valence-electron chi connectivity index (χ0n) is 17.0. The van der Waals surface area contributed by atoms with Gasteiger partial charge in [0.1, 0.15) is 5.82 Å². The zero-order valence-corrected chi connectivity index (χ0v) is 17.9. The molecule has 0 radical (unpaired) electrons. The van der Waals surface area contributed by atoms with Gasteiger partial charge < -0.3 is 8.98 Å². The first-order chi connectivity index (χ1) is 14.2. The molecule has 0 bridgehead atoms. The summed E-state index contributed by atoms with van der Waals surface area (Å²) in [7, 11) is 0. The van der Waals surface area contributed by atoms with Crippen molar-refractivity contribution < 1.29 is 4.42 Å². The van der Waals surface area contributed by atoms with E-state index < -0.39 is 0 Å². The van der Waals surface area contributed by atoms with Crippen LogP contribution < -0.4 is 0 Å². The van der Waals surface area contributed by atoms with E-state index in [4.69, 9.17) is 4.42 Å². The lowest BCUT2D eigenvalue weighted by atomic mass is 9.89. The number of hydrogen-bond donors (Lipinski definition) is 0. The maximum Gasteiger partial charge on any atom is 0.247 e. The molecule has 2 aromatic heterocycles. The van der Waals surface area contributed by atoms with E-state index in [1.807, 2.05) is 24.3 Å². The molecule has 0 spiro atoms. The second kappa shape index (κ2) is 8.95. The minimum Gasteiger partial charge on any atom is -0.419 e. The minimum absolute atomic E-state index is 0.0203. The van der Waals surface area contributed by atoms with Crippen molar-refractivity contribution in [2.75, 3.05) is 0 Å². The van der Waals surface area contributed by atoms with Gasteiger partial charge in [-0.3, -0.25) is 0 Å². The molecular formula is C22H27N5OS. The summed E-state index contributed by atoms with van der Waals surface area (Å²) < 4.78 is 8.16. The summed E-state index contributed by atoms with van der Waals surface area (Å²) >= 11 is 1.61. The fraction of sp³-hybridized carbons (Fsp3) is 0.455. The highest BCUT2D eigenvalue weighted by Crippen LogP contribution is 2.37. The van der Waals surface area contributed by atoms with Crippen LogP contribution in [0.2, 0.25) is 0 Å². The standard InChI is InChI=1S/C22H27N5OS/c1-4-13-27-19(17-10-6-5-7-11-17)23-26-22(27)29-16(3)20-24-25-21(28-20)18-12-8-9-15(2)14-18/h4,8-9,12,14,16-17H,1,5-7,10-11,13H2,2-3H3. The highest BCUT2D eigenvalue weighted by molar-refractivity contribution is 7.99. The van der Waals surface area contributed by atoms with Crippen LogP contribution in [0.25, 0.3) is 11.5 Å². The first kappa shape index (κ1) is 19.9. The summed E-state index contributed by atoms with van der Waals surface area (Å²) in [5, 5.41) is 18.4. The van der Waals surface area contributed by atoms with E-state index in [2.05, 4.69) is 51.5 Å². The molecule has 4 rings (SSSR count). The average Bonchev–Trinajstić information content (AvgIpc) is 3.37. The predicted octanol–water partition coefficient (Wildman–Crippen LogP) is 5.72. The Morgan fingerprint density at radius 1 is 1.21 bits per heavy atom. The Hall–Kier alpha value is -2.41. The predicted molar refractivity (Wildman–Crippen MR) is 115 cm³/mol. The van der Waals surface area contributed by atoms with Crippen molar-refractivity contribution in [3.63, 3.8) is 0 Å². The molecule has 0 N–H and O–H groups in total. The number of thioether (sulfide) groups is 1. The molecule has 0 aliphatic heterocycles. The SMILES string of the molecule is C=CCn1c(SC(C)c2nnc(-c3cccc(C)c3)o2)nnc1C1CCCCC1. The summed E-state index contributed by atoms with van der Waals surface area (Å²) in [6, 6.07) is 8.08. The average molecular weight is 410 g/mol. The van der Waals surface area contributed by atoms with Gasteiger partial charge in [-0.25, -0.2) is 0 Å². The summed E-state index contributed by atoms with van der Waals surface area (Å²) in [5.74, 6) is 2.73. The highest BCUT2D eigenvalue weighted by Gasteiger charge is 2.25. The van der Waals surface area contributed by atoms with Crippen LogP contribution in [0.5, 0.6) is 0 Å². The summed E-state index contributed by atoms with van der Waals surface area (Å²) in [6.45, 7) is 8.74. The van der Waals surface area contributed by atoms with Gasteiger partial charge in [-0.15, -0.1) is 27.0 Å². The molecule has 0 saturated heterocycles. The van der Waals surface area contributed by atoms with Crippen molar-refractivity contribution in [3.05, 3.63) is 54.2 Å². The molecule has 6 nitrogen and oxygen atoms in total. The molecule has 2 heterocycles. The van der Waals surface area contributed by atoms with Crippen molar-refractivity contribution in [3.8, 4) is 11.5 Å².